The van der Waals surface area contributed by atoms with E-state index < -0.39 is 11.6 Å². The zero-order valence-electron chi connectivity index (χ0n) is 9.09. The molecule has 2 N–H and O–H groups in total. The van der Waals surface area contributed by atoms with Crippen molar-refractivity contribution in [2.24, 2.45) is 0 Å². The minimum Gasteiger partial charge on any atom is -0.351 e. The molecule has 0 heterocycles. The van der Waals surface area contributed by atoms with Crippen LogP contribution in [0.2, 0.25) is 0 Å². The number of rotatable bonds is 5. The van der Waals surface area contributed by atoms with E-state index in [0.29, 0.717) is 6.54 Å². The van der Waals surface area contributed by atoms with Gasteiger partial charge >= 0.3 is 0 Å². The molecule has 1 aromatic carbocycles. The Labute approximate surface area is 98.2 Å². The van der Waals surface area contributed by atoms with Gasteiger partial charge in [0.25, 0.3) is 0 Å². The predicted octanol–water partition coefficient (Wildman–Crippen LogP) is 0.804. The highest BCUT2D eigenvalue weighted by Crippen LogP contribution is 2.08. The highest BCUT2D eigenvalue weighted by molar-refractivity contribution is 5.77. The topological polar surface area (TPSA) is 41.1 Å². The van der Waals surface area contributed by atoms with Gasteiger partial charge in [-0.2, -0.15) is 0 Å². The molecule has 17 heavy (non-hydrogen) atoms. The van der Waals surface area contributed by atoms with Crippen molar-refractivity contribution < 1.29 is 13.6 Å². The summed E-state index contributed by atoms with van der Waals surface area (Å²) >= 11 is 0. The van der Waals surface area contributed by atoms with Crippen molar-refractivity contribution in [3.8, 4) is 12.3 Å². The molecule has 1 rings (SSSR count). The molecule has 0 aliphatic rings. The van der Waals surface area contributed by atoms with E-state index in [1.54, 1.807) is 0 Å². The highest BCUT2D eigenvalue weighted by Gasteiger charge is 2.05. The fourth-order valence-corrected chi connectivity index (χ4v) is 1.17. The van der Waals surface area contributed by atoms with Gasteiger partial charge < -0.3 is 5.32 Å². The van der Waals surface area contributed by atoms with Gasteiger partial charge in [-0.1, -0.05) is 12.0 Å². The maximum atomic E-state index is 13.2. The van der Waals surface area contributed by atoms with E-state index in [2.05, 4.69) is 16.6 Å². The van der Waals surface area contributed by atoms with Gasteiger partial charge in [0.15, 0.2) is 0 Å². The zero-order chi connectivity index (χ0) is 12.7. The third kappa shape index (κ3) is 4.62. The van der Waals surface area contributed by atoms with Crippen molar-refractivity contribution in [1.82, 2.24) is 10.6 Å². The summed E-state index contributed by atoms with van der Waals surface area (Å²) in [5.41, 5.74) is 0.233. The van der Waals surface area contributed by atoms with Crippen LogP contribution in [-0.2, 0) is 11.3 Å². The number of halogens is 2. The molecule has 5 heteroatoms. The first kappa shape index (κ1) is 13.1. The fourth-order valence-electron chi connectivity index (χ4n) is 1.17. The van der Waals surface area contributed by atoms with Crippen molar-refractivity contribution in [2.45, 2.75) is 6.54 Å². The highest BCUT2D eigenvalue weighted by atomic mass is 19.1. The maximum absolute atomic E-state index is 13.2. The lowest BCUT2D eigenvalue weighted by molar-refractivity contribution is -0.120. The van der Waals surface area contributed by atoms with Gasteiger partial charge in [-0.25, -0.2) is 8.78 Å². The summed E-state index contributed by atoms with van der Waals surface area (Å²) in [4.78, 5) is 11.2. The van der Waals surface area contributed by atoms with E-state index >= 15 is 0 Å². The summed E-state index contributed by atoms with van der Waals surface area (Å²) in [7, 11) is 0. The third-order valence-corrected chi connectivity index (χ3v) is 2.00. The number of carbonyl (C=O) groups is 1. The number of terminal acetylenes is 1. The van der Waals surface area contributed by atoms with Crippen LogP contribution in [-0.4, -0.2) is 19.0 Å². The maximum Gasteiger partial charge on any atom is 0.234 e. The van der Waals surface area contributed by atoms with Crippen LogP contribution in [0.3, 0.4) is 0 Å². The number of carbonyl (C=O) groups excluding carboxylic acids is 1. The second kappa shape index (κ2) is 6.61. The summed E-state index contributed by atoms with van der Waals surface area (Å²) < 4.78 is 25.8. The zero-order valence-corrected chi connectivity index (χ0v) is 9.09. The molecule has 0 saturated carbocycles. The lowest BCUT2D eigenvalue weighted by atomic mass is 10.2. The molecular formula is C12H12F2N2O. The first-order chi connectivity index (χ1) is 8.13. The van der Waals surface area contributed by atoms with Gasteiger partial charge in [0.2, 0.25) is 5.91 Å². The van der Waals surface area contributed by atoms with Crippen molar-refractivity contribution in [3.63, 3.8) is 0 Å². The fraction of sp³-hybridized carbons (Fsp3) is 0.250. The van der Waals surface area contributed by atoms with Gasteiger partial charge in [-0.3, -0.25) is 10.1 Å². The summed E-state index contributed by atoms with van der Waals surface area (Å²) in [6, 6.07) is 3.21. The second-order valence-electron chi connectivity index (χ2n) is 3.32. The van der Waals surface area contributed by atoms with E-state index in [-0.39, 0.29) is 24.6 Å². The van der Waals surface area contributed by atoms with Crippen molar-refractivity contribution in [2.75, 3.05) is 13.1 Å². The smallest absolute Gasteiger partial charge is 0.234 e. The van der Waals surface area contributed by atoms with Crippen LogP contribution >= 0.6 is 0 Å². The Kier molecular flexibility index (Phi) is 5.11. The quantitative estimate of drug-likeness (QED) is 0.588. The summed E-state index contributed by atoms with van der Waals surface area (Å²) in [5, 5.41) is 5.18. The molecule has 0 aromatic heterocycles. The number of benzene rings is 1. The first-order valence-corrected chi connectivity index (χ1v) is 4.98. The van der Waals surface area contributed by atoms with E-state index in [4.69, 9.17) is 6.42 Å². The molecule has 0 bridgehead atoms. The van der Waals surface area contributed by atoms with Gasteiger partial charge in [-0.05, 0) is 6.07 Å². The Balaban J connectivity index is 2.40. The van der Waals surface area contributed by atoms with Crippen molar-refractivity contribution >= 4 is 5.91 Å². The molecule has 0 saturated heterocycles. The number of amides is 1. The average Bonchev–Trinajstić information content (AvgIpc) is 2.28. The lowest BCUT2D eigenvalue weighted by Gasteiger charge is -2.06. The van der Waals surface area contributed by atoms with E-state index in [9.17, 15) is 13.6 Å². The van der Waals surface area contributed by atoms with Crippen LogP contribution in [0.15, 0.2) is 18.2 Å². The molecule has 0 spiro atoms. The Morgan fingerprint density at radius 2 is 2.18 bits per heavy atom. The summed E-state index contributed by atoms with van der Waals surface area (Å²) in [5.74, 6) is 0.694. The number of hydrogen-bond donors (Lipinski definition) is 2. The Hall–Kier alpha value is -1.93. The molecular weight excluding hydrogens is 226 g/mol. The predicted molar refractivity (Wildman–Crippen MR) is 59.9 cm³/mol. The Bertz CT molecular complexity index is 441. The molecule has 0 unspecified atom stereocenters. The van der Waals surface area contributed by atoms with E-state index in [0.717, 1.165) is 12.1 Å². The van der Waals surface area contributed by atoms with Crippen LogP contribution in [0.5, 0.6) is 0 Å². The van der Waals surface area contributed by atoms with Crippen molar-refractivity contribution in [1.29, 1.82) is 0 Å². The van der Waals surface area contributed by atoms with Crippen molar-refractivity contribution in [3.05, 3.63) is 35.4 Å². The minimum atomic E-state index is -0.679. The lowest BCUT2D eigenvalue weighted by Crippen LogP contribution is -2.33. The Morgan fingerprint density at radius 3 is 2.82 bits per heavy atom. The molecule has 0 fully saturated rings. The molecule has 3 nitrogen and oxygen atoms in total. The largest absolute Gasteiger partial charge is 0.351 e. The number of nitrogens with one attached hydrogen (secondary N) is 2. The summed E-state index contributed by atoms with van der Waals surface area (Å²) in [6.45, 7) is 0.369. The van der Waals surface area contributed by atoms with Crippen LogP contribution in [0.25, 0.3) is 0 Å². The van der Waals surface area contributed by atoms with Gasteiger partial charge in [0.1, 0.15) is 11.6 Å². The van der Waals surface area contributed by atoms with E-state index in [1.807, 2.05) is 0 Å². The molecule has 1 amide bonds. The average molecular weight is 238 g/mol. The molecule has 0 radical (unpaired) electrons. The second-order valence-corrected chi connectivity index (χ2v) is 3.32. The van der Waals surface area contributed by atoms with E-state index in [1.165, 1.54) is 6.07 Å². The minimum absolute atomic E-state index is 0.0165. The molecule has 0 aliphatic heterocycles. The van der Waals surface area contributed by atoms with Gasteiger partial charge in [0, 0.05) is 18.2 Å². The van der Waals surface area contributed by atoms with Crippen LogP contribution < -0.4 is 10.6 Å². The van der Waals surface area contributed by atoms with Crippen LogP contribution in [0.4, 0.5) is 8.78 Å². The monoisotopic (exact) mass is 238 g/mol. The first-order valence-electron chi connectivity index (χ1n) is 4.98. The molecule has 1 aromatic rings. The molecule has 0 atom stereocenters. The Morgan fingerprint density at radius 1 is 1.41 bits per heavy atom. The van der Waals surface area contributed by atoms with Crippen LogP contribution in [0.1, 0.15) is 5.56 Å². The normalized spacial score (nSPS) is 9.71. The summed E-state index contributed by atoms with van der Waals surface area (Å²) in [6.07, 6.45) is 4.98. The van der Waals surface area contributed by atoms with Gasteiger partial charge in [-0.15, -0.1) is 6.42 Å². The van der Waals surface area contributed by atoms with Gasteiger partial charge in [0.05, 0.1) is 13.1 Å². The van der Waals surface area contributed by atoms with Crippen LogP contribution in [0, 0.1) is 24.0 Å². The number of hydrogen-bond acceptors (Lipinski definition) is 2. The SMILES string of the molecule is C#CCNCC(=O)NCc1ccc(F)cc1F. The standard InChI is InChI=1S/C12H12F2N2O/c1-2-5-15-8-12(17)16-7-9-3-4-10(13)6-11(9)14/h1,3-4,6,15H,5,7-8H2,(H,16,17). The molecule has 0 aliphatic carbocycles. The molecule has 90 valence electrons. The third-order valence-electron chi connectivity index (χ3n) is 2.00.